The lowest BCUT2D eigenvalue weighted by atomic mass is 9.99. The molecule has 0 unspecified atom stereocenters. The predicted molar refractivity (Wildman–Crippen MR) is 125 cm³/mol. The van der Waals surface area contributed by atoms with E-state index >= 15 is 0 Å². The Balaban J connectivity index is 1.80. The van der Waals surface area contributed by atoms with Gasteiger partial charge in [0.2, 0.25) is 0 Å². The van der Waals surface area contributed by atoms with E-state index in [-0.39, 0.29) is 35.4 Å². The Labute approximate surface area is 207 Å². The van der Waals surface area contributed by atoms with E-state index in [1.165, 1.54) is 13.2 Å². The number of aromatic nitrogens is 2. The smallest absolute Gasteiger partial charge is 0.416 e. The zero-order valence-corrected chi connectivity index (χ0v) is 20.3. The molecule has 9 nitrogen and oxygen atoms in total. The number of alkyl halides is 3. The molecule has 1 aromatic heterocycles. The molecule has 12 heteroatoms. The molecule has 198 valence electrons. The fourth-order valence-corrected chi connectivity index (χ4v) is 4.26. The number of hydrogen-bond acceptors (Lipinski definition) is 9. The summed E-state index contributed by atoms with van der Waals surface area (Å²) in [5.74, 6) is -0.505. The molecule has 0 aliphatic carbocycles. The van der Waals surface area contributed by atoms with Crippen molar-refractivity contribution >= 4 is 11.8 Å². The molecule has 3 rings (SSSR count). The number of aliphatic hydroxyl groups is 1. The van der Waals surface area contributed by atoms with Gasteiger partial charge in [-0.05, 0) is 50.1 Å². The Hall–Kier alpha value is -2.96. The van der Waals surface area contributed by atoms with Crippen LogP contribution in [0.1, 0.15) is 42.9 Å². The van der Waals surface area contributed by atoms with Crippen LogP contribution in [0.25, 0.3) is 11.3 Å². The van der Waals surface area contributed by atoms with Crippen LogP contribution in [-0.2, 0) is 33.7 Å². The van der Waals surface area contributed by atoms with Crippen LogP contribution in [0.2, 0.25) is 0 Å². The van der Waals surface area contributed by atoms with Crippen molar-refractivity contribution in [2.75, 3.05) is 38.7 Å². The van der Waals surface area contributed by atoms with Crippen LogP contribution in [0, 0.1) is 0 Å². The molecule has 0 bridgehead atoms. The lowest BCUT2D eigenvalue weighted by Crippen LogP contribution is -2.43. The van der Waals surface area contributed by atoms with E-state index in [2.05, 4.69) is 20.4 Å². The van der Waals surface area contributed by atoms with Crippen molar-refractivity contribution in [1.29, 1.82) is 0 Å². The van der Waals surface area contributed by atoms with Gasteiger partial charge >= 0.3 is 12.1 Å². The number of esters is 1. The minimum Gasteiger partial charge on any atom is -0.507 e. The van der Waals surface area contributed by atoms with Gasteiger partial charge in [-0.1, -0.05) is 0 Å². The first-order valence-corrected chi connectivity index (χ1v) is 11.7. The number of piperidine rings is 1. The number of carbonyl (C=O) groups is 1. The number of likely N-dealkylation sites (tertiary alicyclic amines) is 1. The predicted octanol–water partition coefficient (Wildman–Crippen LogP) is 3.34. The highest BCUT2D eigenvalue weighted by atomic mass is 19.4. The van der Waals surface area contributed by atoms with Crippen LogP contribution < -0.4 is 5.32 Å². The zero-order chi connectivity index (χ0) is 26.3. The van der Waals surface area contributed by atoms with Crippen molar-refractivity contribution < 1.29 is 37.7 Å². The third-order valence-corrected chi connectivity index (χ3v) is 5.91. The second kappa shape index (κ2) is 12.3. The lowest BCUT2D eigenvalue weighted by Gasteiger charge is -2.33. The summed E-state index contributed by atoms with van der Waals surface area (Å²) in [6.07, 6.45) is -2.59. The molecule has 1 saturated heterocycles. The summed E-state index contributed by atoms with van der Waals surface area (Å²) in [6, 6.07) is 3.01. The molecular weight excluding hydrogens is 481 g/mol. The summed E-state index contributed by atoms with van der Waals surface area (Å²) < 4.78 is 49.7. The zero-order valence-electron chi connectivity index (χ0n) is 20.3. The molecule has 1 aliphatic rings. The summed E-state index contributed by atoms with van der Waals surface area (Å²) in [7, 11) is 1.33. The number of aliphatic hydroxyl groups excluding tert-OH is 1. The monoisotopic (exact) mass is 512 g/mol. The number of anilines is 1. The number of hydrogen-bond donors (Lipinski definition) is 3. The van der Waals surface area contributed by atoms with E-state index in [4.69, 9.17) is 9.47 Å². The van der Waals surface area contributed by atoms with Crippen molar-refractivity contribution in [2.45, 2.75) is 51.6 Å². The maximum absolute atomic E-state index is 13.2. The summed E-state index contributed by atoms with van der Waals surface area (Å²) in [5, 5.41) is 31.9. The third-order valence-electron chi connectivity index (χ3n) is 5.91. The first kappa shape index (κ1) is 27.6. The SMILES string of the molecule is CCOC(=O)CCN1CCC[C@@H](Nc2nnc(-c3c(O)cc(C(F)(F)F)cc3COC)cc2CO)C1. The highest BCUT2D eigenvalue weighted by Crippen LogP contribution is 2.39. The number of rotatable bonds is 10. The van der Waals surface area contributed by atoms with Crippen molar-refractivity contribution in [3.63, 3.8) is 0 Å². The molecular formula is C24H31F3N4O5. The summed E-state index contributed by atoms with van der Waals surface area (Å²) >= 11 is 0. The number of ether oxygens (including phenoxy) is 2. The molecule has 1 aliphatic heterocycles. The fraction of sp³-hybridized carbons (Fsp3) is 0.542. The van der Waals surface area contributed by atoms with E-state index in [0.29, 0.717) is 43.6 Å². The van der Waals surface area contributed by atoms with Crippen molar-refractivity contribution in [2.24, 2.45) is 0 Å². The van der Waals surface area contributed by atoms with Gasteiger partial charge in [0.25, 0.3) is 0 Å². The number of halogens is 3. The highest BCUT2D eigenvalue weighted by molar-refractivity contribution is 5.73. The van der Waals surface area contributed by atoms with E-state index in [1.54, 1.807) is 6.92 Å². The molecule has 0 spiro atoms. The van der Waals surface area contributed by atoms with Gasteiger partial charge in [0.1, 0.15) is 5.75 Å². The quantitative estimate of drug-likeness (QED) is 0.412. The minimum atomic E-state index is -4.64. The Morgan fingerprint density at radius 1 is 1.25 bits per heavy atom. The second-order valence-corrected chi connectivity index (χ2v) is 8.56. The Bertz CT molecular complexity index is 1050. The molecule has 1 aromatic carbocycles. The number of nitrogens with zero attached hydrogens (tertiary/aromatic N) is 3. The van der Waals surface area contributed by atoms with E-state index in [0.717, 1.165) is 25.5 Å². The van der Waals surface area contributed by atoms with Crippen LogP contribution in [0.3, 0.4) is 0 Å². The molecule has 0 radical (unpaired) electrons. The molecule has 1 atom stereocenters. The van der Waals surface area contributed by atoms with Crippen LogP contribution in [-0.4, -0.2) is 70.7 Å². The topological polar surface area (TPSA) is 117 Å². The van der Waals surface area contributed by atoms with Gasteiger partial charge in [-0.3, -0.25) is 4.79 Å². The largest absolute Gasteiger partial charge is 0.507 e. The van der Waals surface area contributed by atoms with Crippen LogP contribution >= 0.6 is 0 Å². The van der Waals surface area contributed by atoms with Crippen molar-refractivity contribution in [3.8, 4) is 17.0 Å². The first-order chi connectivity index (χ1) is 17.2. The molecule has 3 N–H and O–H groups in total. The van der Waals surface area contributed by atoms with E-state index < -0.39 is 24.1 Å². The minimum absolute atomic E-state index is 0.00470. The number of benzene rings is 1. The Kier molecular flexibility index (Phi) is 9.46. The number of nitrogens with one attached hydrogen (secondary N) is 1. The lowest BCUT2D eigenvalue weighted by molar-refractivity contribution is -0.143. The first-order valence-electron chi connectivity index (χ1n) is 11.7. The Morgan fingerprint density at radius 3 is 2.69 bits per heavy atom. The van der Waals surface area contributed by atoms with Gasteiger partial charge in [0.05, 0.1) is 37.5 Å². The van der Waals surface area contributed by atoms with Crippen LogP contribution in [0.5, 0.6) is 5.75 Å². The molecule has 2 aromatic rings. The molecule has 0 saturated carbocycles. The highest BCUT2D eigenvalue weighted by Gasteiger charge is 2.33. The Morgan fingerprint density at radius 2 is 2.03 bits per heavy atom. The van der Waals surface area contributed by atoms with Gasteiger partial charge in [-0.15, -0.1) is 10.2 Å². The van der Waals surface area contributed by atoms with Crippen LogP contribution in [0.4, 0.5) is 19.0 Å². The van der Waals surface area contributed by atoms with Gasteiger partial charge in [0.15, 0.2) is 5.82 Å². The summed E-state index contributed by atoms with van der Waals surface area (Å²) in [4.78, 5) is 13.8. The summed E-state index contributed by atoms with van der Waals surface area (Å²) in [6.45, 7) is 3.61. The molecule has 36 heavy (non-hydrogen) atoms. The molecule has 0 amide bonds. The standard InChI is InChI=1S/C24H31F3N4O5/c1-3-36-21(34)6-8-31-7-4-5-18(12-31)28-23-15(13-32)10-19(29-30-23)22-16(14-35-2)9-17(11-20(22)33)24(25,26)27/h9-11,18,32-33H,3-8,12-14H2,1-2H3,(H,28,30)/t18-/m1/s1. The maximum atomic E-state index is 13.2. The van der Waals surface area contributed by atoms with Gasteiger partial charge < -0.3 is 29.9 Å². The van der Waals surface area contributed by atoms with Gasteiger partial charge in [-0.25, -0.2) is 0 Å². The van der Waals surface area contributed by atoms with E-state index in [9.17, 15) is 28.2 Å². The molecule has 2 heterocycles. The van der Waals surface area contributed by atoms with Crippen molar-refractivity contribution in [1.82, 2.24) is 15.1 Å². The van der Waals surface area contributed by atoms with E-state index in [1.807, 2.05) is 0 Å². The van der Waals surface area contributed by atoms with Gasteiger partial charge in [0, 0.05) is 37.4 Å². The fourth-order valence-electron chi connectivity index (χ4n) is 4.26. The number of phenols is 1. The normalized spacial score (nSPS) is 16.7. The second-order valence-electron chi connectivity index (χ2n) is 8.56. The van der Waals surface area contributed by atoms with Gasteiger partial charge in [-0.2, -0.15) is 13.2 Å². The summed E-state index contributed by atoms with van der Waals surface area (Å²) in [5.41, 5.74) is -0.363. The van der Waals surface area contributed by atoms with Crippen LogP contribution in [0.15, 0.2) is 18.2 Å². The number of aromatic hydroxyl groups is 1. The van der Waals surface area contributed by atoms with Crippen molar-refractivity contribution in [3.05, 3.63) is 34.9 Å². The number of methoxy groups -OCH3 is 1. The number of phenolic OH excluding ortho intramolecular Hbond substituents is 1. The third kappa shape index (κ3) is 7.05. The number of carbonyl (C=O) groups excluding carboxylic acids is 1. The average Bonchev–Trinajstić information content (AvgIpc) is 2.83. The maximum Gasteiger partial charge on any atom is 0.416 e. The average molecular weight is 513 g/mol. The molecule has 1 fully saturated rings.